The van der Waals surface area contributed by atoms with E-state index in [1.807, 2.05) is 0 Å². The van der Waals surface area contributed by atoms with Crippen LogP contribution >= 0.6 is 0 Å². The number of likely N-dealkylation sites (tertiary alicyclic amines) is 1. The average Bonchev–Trinajstić information content (AvgIpc) is 3.17. The van der Waals surface area contributed by atoms with Crippen molar-refractivity contribution in [3.8, 4) is 5.75 Å². The van der Waals surface area contributed by atoms with Gasteiger partial charge in [0.25, 0.3) is 5.69 Å². The third kappa shape index (κ3) is 6.42. The van der Waals surface area contributed by atoms with Crippen LogP contribution in [0.1, 0.15) is 32.1 Å². The Hall–Kier alpha value is -3.21. The number of rotatable bonds is 9. The van der Waals surface area contributed by atoms with Crippen LogP contribution in [0.3, 0.4) is 0 Å². The minimum atomic E-state index is -1.02. The number of nitrogens with zero attached hydrogens (tertiary/aromatic N) is 2. The van der Waals surface area contributed by atoms with Crippen molar-refractivity contribution < 1.29 is 29.2 Å². The molecule has 0 aliphatic carbocycles. The lowest BCUT2D eigenvalue weighted by Gasteiger charge is -2.24. The minimum Gasteiger partial charge on any atom is -0.480 e. The maximum Gasteiger partial charge on any atom is 0.412 e. The summed E-state index contributed by atoms with van der Waals surface area (Å²) >= 11 is 0. The van der Waals surface area contributed by atoms with E-state index in [0.717, 1.165) is 0 Å². The first-order valence-corrected chi connectivity index (χ1v) is 9.28. The highest BCUT2D eigenvalue weighted by atomic mass is 16.6. The van der Waals surface area contributed by atoms with E-state index in [4.69, 9.17) is 15.6 Å². The fourth-order valence-corrected chi connectivity index (χ4v) is 3.08. The Morgan fingerprint density at radius 1 is 1.31 bits per heavy atom. The van der Waals surface area contributed by atoms with Crippen LogP contribution in [0.15, 0.2) is 24.3 Å². The second-order valence-corrected chi connectivity index (χ2v) is 6.70. The number of carboxylic acid groups (broad SMARTS) is 1. The summed E-state index contributed by atoms with van der Waals surface area (Å²) in [6, 6.07) is 3.54. The number of ether oxygens (including phenoxy) is 1. The normalized spacial score (nSPS) is 16.9. The molecule has 158 valence electrons. The maximum atomic E-state index is 12.3. The van der Waals surface area contributed by atoms with Gasteiger partial charge in [0.2, 0.25) is 5.91 Å². The molecule has 0 radical (unpaired) electrons. The Morgan fingerprint density at radius 3 is 2.62 bits per heavy atom. The summed E-state index contributed by atoms with van der Waals surface area (Å²) in [5.74, 6) is -1.20. The zero-order chi connectivity index (χ0) is 21.4. The van der Waals surface area contributed by atoms with E-state index in [-0.39, 0.29) is 17.3 Å². The zero-order valence-corrected chi connectivity index (χ0v) is 15.8. The number of nitrogens with two attached hydrogens (primary N) is 1. The van der Waals surface area contributed by atoms with Crippen LogP contribution in [0.4, 0.5) is 10.5 Å². The van der Waals surface area contributed by atoms with E-state index in [9.17, 15) is 24.5 Å². The molecule has 11 heteroatoms. The Morgan fingerprint density at radius 2 is 2.00 bits per heavy atom. The van der Waals surface area contributed by atoms with E-state index in [0.29, 0.717) is 45.2 Å². The van der Waals surface area contributed by atoms with Gasteiger partial charge in [-0.05, 0) is 44.2 Å². The quantitative estimate of drug-likeness (QED) is 0.312. The molecule has 1 fully saturated rings. The lowest BCUT2D eigenvalue weighted by molar-refractivity contribution is -0.384. The van der Waals surface area contributed by atoms with Gasteiger partial charge < -0.3 is 25.8 Å². The number of nitro benzene ring substituents is 1. The second-order valence-electron chi connectivity index (χ2n) is 6.70. The van der Waals surface area contributed by atoms with E-state index < -0.39 is 29.1 Å². The van der Waals surface area contributed by atoms with Crippen molar-refractivity contribution >= 4 is 23.7 Å². The molecule has 0 saturated carbocycles. The van der Waals surface area contributed by atoms with Gasteiger partial charge in [-0.1, -0.05) is 0 Å². The molecule has 2 rings (SSSR count). The predicted molar refractivity (Wildman–Crippen MR) is 101 cm³/mol. The van der Waals surface area contributed by atoms with Crippen LogP contribution < -0.4 is 15.8 Å². The average molecular weight is 408 g/mol. The first kappa shape index (κ1) is 22.1. The van der Waals surface area contributed by atoms with Gasteiger partial charge in [0, 0.05) is 25.2 Å². The number of nitrogens with one attached hydrogen (secondary N) is 1. The molecule has 1 saturated heterocycles. The predicted octanol–water partition coefficient (Wildman–Crippen LogP) is 1.26. The fraction of sp³-hybridized carbons (Fsp3) is 0.500. The van der Waals surface area contributed by atoms with Crippen molar-refractivity contribution in [2.45, 2.75) is 44.2 Å². The molecule has 29 heavy (non-hydrogen) atoms. The number of aliphatic carboxylic acids is 1. The number of carbonyl (C=O) groups excluding carboxylic acids is 2. The number of nitro groups is 1. The molecule has 1 aliphatic heterocycles. The van der Waals surface area contributed by atoms with Crippen molar-refractivity contribution in [2.75, 3.05) is 13.1 Å². The highest BCUT2D eigenvalue weighted by Crippen LogP contribution is 2.19. The van der Waals surface area contributed by atoms with Gasteiger partial charge in [-0.3, -0.25) is 14.9 Å². The molecule has 2 atom stereocenters. The van der Waals surface area contributed by atoms with Crippen molar-refractivity contribution in [2.24, 2.45) is 5.73 Å². The van der Waals surface area contributed by atoms with Crippen molar-refractivity contribution in [3.05, 3.63) is 34.4 Å². The third-order valence-corrected chi connectivity index (χ3v) is 4.61. The molecule has 0 spiro atoms. The van der Waals surface area contributed by atoms with Crippen LogP contribution in [0.2, 0.25) is 0 Å². The van der Waals surface area contributed by atoms with E-state index in [2.05, 4.69) is 5.32 Å². The van der Waals surface area contributed by atoms with Crippen LogP contribution in [0, 0.1) is 10.1 Å². The Labute approximate surface area is 166 Å². The number of hydrogen-bond donors (Lipinski definition) is 3. The fourth-order valence-electron chi connectivity index (χ4n) is 3.08. The smallest absolute Gasteiger partial charge is 0.412 e. The topological polar surface area (TPSA) is 165 Å². The number of carboxylic acids is 1. The SMILES string of the molecule is NC(CCCCNC(=O)Oc1ccc([N+](=O)[O-])cc1)C(=O)N1CCC[C@H]1C(=O)O. The Bertz CT molecular complexity index is 753. The number of hydrogen-bond acceptors (Lipinski definition) is 7. The molecule has 0 bridgehead atoms. The summed E-state index contributed by atoms with van der Waals surface area (Å²) in [7, 11) is 0. The lowest BCUT2D eigenvalue weighted by Crippen LogP contribution is -2.48. The molecule has 1 aromatic rings. The van der Waals surface area contributed by atoms with Crippen LogP contribution in [0.5, 0.6) is 5.75 Å². The van der Waals surface area contributed by atoms with Gasteiger partial charge in [-0.2, -0.15) is 0 Å². The largest absolute Gasteiger partial charge is 0.480 e. The Balaban J connectivity index is 1.64. The molecule has 4 N–H and O–H groups in total. The molecule has 1 aliphatic rings. The number of amides is 2. The van der Waals surface area contributed by atoms with Crippen LogP contribution in [-0.4, -0.2) is 58.1 Å². The second kappa shape index (κ2) is 10.4. The van der Waals surface area contributed by atoms with Crippen LogP contribution in [-0.2, 0) is 9.59 Å². The highest BCUT2D eigenvalue weighted by Gasteiger charge is 2.35. The van der Waals surface area contributed by atoms with Gasteiger partial charge in [0.1, 0.15) is 11.8 Å². The van der Waals surface area contributed by atoms with Gasteiger partial charge in [0.05, 0.1) is 11.0 Å². The molecule has 0 aromatic heterocycles. The number of benzene rings is 1. The van der Waals surface area contributed by atoms with E-state index in [1.165, 1.54) is 29.2 Å². The number of non-ortho nitro benzene ring substituents is 1. The molecule has 1 unspecified atom stereocenters. The number of unbranched alkanes of at least 4 members (excludes halogenated alkanes) is 1. The summed E-state index contributed by atoms with van der Waals surface area (Å²) in [5.41, 5.74) is 5.79. The summed E-state index contributed by atoms with van der Waals surface area (Å²) in [6.07, 6.45) is 1.89. The Kier molecular flexibility index (Phi) is 7.89. The lowest BCUT2D eigenvalue weighted by atomic mass is 10.1. The molecule has 1 aromatic carbocycles. The summed E-state index contributed by atoms with van der Waals surface area (Å²) in [6.45, 7) is 0.702. The molecule has 2 amide bonds. The monoisotopic (exact) mass is 408 g/mol. The molecular formula is C18H24N4O7. The maximum absolute atomic E-state index is 12.3. The van der Waals surface area contributed by atoms with Crippen molar-refractivity contribution in [3.63, 3.8) is 0 Å². The molecule has 1 heterocycles. The van der Waals surface area contributed by atoms with Gasteiger partial charge >= 0.3 is 12.1 Å². The standard InChI is InChI=1S/C18H24N4O7/c19-14(16(23)21-11-3-5-15(21)17(24)25)4-1-2-10-20-18(26)29-13-8-6-12(7-9-13)22(27)28/h6-9,14-15H,1-5,10-11,19H2,(H,20,26)(H,24,25)/t14?,15-/m0/s1. The summed E-state index contributed by atoms with van der Waals surface area (Å²) in [4.78, 5) is 46.5. The van der Waals surface area contributed by atoms with E-state index >= 15 is 0 Å². The van der Waals surface area contributed by atoms with Gasteiger partial charge in [-0.25, -0.2) is 9.59 Å². The van der Waals surface area contributed by atoms with Crippen LogP contribution in [0.25, 0.3) is 0 Å². The highest BCUT2D eigenvalue weighted by molar-refractivity contribution is 5.87. The van der Waals surface area contributed by atoms with Gasteiger partial charge in [-0.15, -0.1) is 0 Å². The van der Waals surface area contributed by atoms with Crippen molar-refractivity contribution in [1.82, 2.24) is 10.2 Å². The first-order valence-electron chi connectivity index (χ1n) is 9.28. The van der Waals surface area contributed by atoms with Crippen molar-refractivity contribution in [1.29, 1.82) is 0 Å². The summed E-state index contributed by atoms with van der Waals surface area (Å²) < 4.78 is 5.00. The number of carbonyl (C=O) groups is 3. The van der Waals surface area contributed by atoms with E-state index in [1.54, 1.807) is 0 Å². The molecular weight excluding hydrogens is 384 g/mol. The zero-order valence-electron chi connectivity index (χ0n) is 15.8. The first-order chi connectivity index (χ1) is 13.8. The molecule has 11 nitrogen and oxygen atoms in total. The van der Waals surface area contributed by atoms with Gasteiger partial charge in [0.15, 0.2) is 0 Å². The minimum absolute atomic E-state index is 0.104. The summed E-state index contributed by atoms with van der Waals surface area (Å²) in [5, 5.41) is 22.3. The third-order valence-electron chi connectivity index (χ3n) is 4.61.